The number of thiazole rings is 1. The normalized spacial score (nSPS) is 18.4. The monoisotopic (exact) mass is 260 g/mol. The van der Waals surface area contributed by atoms with E-state index in [1.807, 2.05) is 19.2 Å². The second kappa shape index (κ2) is 4.71. The van der Waals surface area contributed by atoms with Crippen LogP contribution in [0.3, 0.4) is 0 Å². The van der Waals surface area contributed by atoms with Crippen LogP contribution in [0.4, 0.5) is 5.69 Å². The van der Waals surface area contributed by atoms with Crippen LogP contribution < -0.4 is 5.32 Å². The molecular formula is C14H16N2OS. The first-order valence-electron chi connectivity index (χ1n) is 6.24. The molecule has 1 aromatic carbocycles. The van der Waals surface area contributed by atoms with E-state index in [-0.39, 0.29) is 6.10 Å². The summed E-state index contributed by atoms with van der Waals surface area (Å²) in [6, 6.07) is 8.24. The van der Waals surface area contributed by atoms with E-state index in [1.165, 1.54) is 0 Å². The molecular weight excluding hydrogens is 244 g/mol. The number of aryl methyl sites for hydroxylation is 1. The fourth-order valence-corrected chi connectivity index (χ4v) is 3.44. The van der Waals surface area contributed by atoms with Gasteiger partial charge in [-0.2, -0.15) is 0 Å². The quantitative estimate of drug-likeness (QED) is 0.871. The van der Waals surface area contributed by atoms with E-state index < -0.39 is 0 Å². The van der Waals surface area contributed by atoms with Crippen molar-refractivity contribution in [2.75, 3.05) is 12.4 Å². The molecule has 18 heavy (non-hydrogen) atoms. The summed E-state index contributed by atoms with van der Waals surface area (Å²) in [5, 5.41) is 14.1. The molecule has 1 atom stereocenters. The molecule has 0 saturated heterocycles. The summed E-state index contributed by atoms with van der Waals surface area (Å²) in [5.41, 5.74) is 3.31. The standard InChI is InChI=1S/C14H16N2OS/c1-15-10-7-5-9(6-8-10)14-16-11-3-2-4-12(17)13(11)18-14/h5-8,12,15,17H,2-4H2,1H3. The van der Waals surface area contributed by atoms with Crippen molar-refractivity contribution in [1.82, 2.24) is 4.98 Å². The number of nitrogens with zero attached hydrogens (tertiary/aromatic N) is 1. The summed E-state index contributed by atoms with van der Waals surface area (Å²) in [4.78, 5) is 5.73. The maximum absolute atomic E-state index is 9.96. The van der Waals surface area contributed by atoms with Gasteiger partial charge in [0.25, 0.3) is 0 Å². The van der Waals surface area contributed by atoms with Gasteiger partial charge in [-0.05, 0) is 43.5 Å². The lowest BCUT2D eigenvalue weighted by molar-refractivity contribution is 0.160. The Bertz CT molecular complexity index is 547. The molecule has 0 spiro atoms. The molecule has 4 heteroatoms. The minimum atomic E-state index is -0.309. The van der Waals surface area contributed by atoms with Gasteiger partial charge >= 0.3 is 0 Å². The second-order valence-electron chi connectivity index (χ2n) is 4.57. The first-order chi connectivity index (χ1) is 8.78. The molecule has 0 amide bonds. The first kappa shape index (κ1) is 11.7. The van der Waals surface area contributed by atoms with Crippen molar-refractivity contribution in [3.63, 3.8) is 0 Å². The number of anilines is 1. The summed E-state index contributed by atoms with van der Waals surface area (Å²) in [6.45, 7) is 0. The van der Waals surface area contributed by atoms with Gasteiger partial charge in [0.15, 0.2) is 0 Å². The van der Waals surface area contributed by atoms with Gasteiger partial charge in [-0.3, -0.25) is 0 Å². The maximum Gasteiger partial charge on any atom is 0.123 e. The van der Waals surface area contributed by atoms with Crippen LogP contribution in [0.5, 0.6) is 0 Å². The molecule has 0 saturated carbocycles. The zero-order valence-electron chi connectivity index (χ0n) is 10.3. The van der Waals surface area contributed by atoms with E-state index in [0.29, 0.717) is 0 Å². The van der Waals surface area contributed by atoms with Crippen molar-refractivity contribution in [2.24, 2.45) is 0 Å². The van der Waals surface area contributed by atoms with Crippen molar-refractivity contribution in [3.05, 3.63) is 34.8 Å². The van der Waals surface area contributed by atoms with Gasteiger partial charge in [-0.25, -0.2) is 4.98 Å². The second-order valence-corrected chi connectivity index (χ2v) is 5.60. The maximum atomic E-state index is 9.96. The fourth-order valence-electron chi connectivity index (χ4n) is 2.30. The predicted octanol–water partition coefficient (Wildman–Crippen LogP) is 3.22. The van der Waals surface area contributed by atoms with Crippen LogP contribution in [0, 0.1) is 0 Å². The van der Waals surface area contributed by atoms with Crippen molar-refractivity contribution < 1.29 is 5.11 Å². The third kappa shape index (κ3) is 2.02. The van der Waals surface area contributed by atoms with Gasteiger partial charge in [0, 0.05) is 18.3 Å². The number of benzene rings is 1. The molecule has 0 fully saturated rings. The average molecular weight is 260 g/mol. The highest BCUT2D eigenvalue weighted by atomic mass is 32.1. The Balaban J connectivity index is 1.96. The number of fused-ring (bicyclic) bond motifs is 1. The van der Waals surface area contributed by atoms with Gasteiger partial charge in [-0.1, -0.05) is 0 Å². The molecule has 3 rings (SSSR count). The van der Waals surface area contributed by atoms with Crippen molar-refractivity contribution in [2.45, 2.75) is 25.4 Å². The Morgan fingerprint density at radius 1 is 1.33 bits per heavy atom. The predicted molar refractivity (Wildman–Crippen MR) is 75.0 cm³/mol. The third-order valence-electron chi connectivity index (χ3n) is 3.34. The minimum Gasteiger partial charge on any atom is -0.388 e. The highest BCUT2D eigenvalue weighted by molar-refractivity contribution is 7.15. The molecule has 2 aromatic rings. The van der Waals surface area contributed by atoms with Crippen LogP contribution in [0.1, 0.15) is 29.5 Å². The number of hydrogen-bond donors (Lipinski definition) is 2. The van der Waals surface area contributed by atoms with Crippen molar-refractivity contribution in [1.29, 1.82) is 0 Å². The van der Waals surface area contributed by atoms with Gasteiger partial charge in [-0.15, -0.1) is 11.3 Å². The van der Waals surface area contributed by atoms with E-state index in [0.717, 1.165) is 46.1 Å². The molecule has 2 N–H and O–H groups in total. The van der Waals surface area contributed by atoms with E-state index >= 15 is 0 Å². The summed E-state index contributed by atoms with van der Waals surface area (Å²) in [6.07, 6.45) is 2.59. The van der Waals surface area contributed by atoms with Crippen LogP contribution >= 0.6 is 11.3 Å². The number of aromatic nitrogens is 1. The zero-order valence-corrected chi connectivity index (χ0v) is 11.1. The highest BCUT2D eigenvalue weighted by Gasteiger charge is 2.22. The summed E-state index contributed by atoms with van der Waals surface area (Å²) in [5.74, 6) is 0. The topological polar surface area (TPSA) is 45.2 Å². The van der Waals surface area contributed by atoms with Crippen molar-refractivity contribution in [3.8, 4) is 10.6 Å². The molecule has 94 valence electrons. The third-order valence-corrected chi connectivity index (χ3v) is 4.59. The smallest absolute Gasteiger partial charge is 0.123 e. The van der Waals surface area contributed by atoms with Crippen LogP contribution in [0.2, 0.25) is 0 Å². The van der Waals surface area contributed by atoms with E-state index in [4.69, 9.17) is 0 Å². The minimum absolute atomic E-state index is 0.309. The molecule has 1 aliphatic carbocycles. The van der Waals surface area contributed by atoms with Crippen LogP contribution in [0.25, 0.3) is 10.6 Å². The molecule has 0 bridgehead atoms. The first-order valence-corrected chi connectivity index (χ1v) is 7.05. The van der Waals surface area contributed by atoms with Crippen LogP contribution in [-0.4, -0.2) is 17.1 Å². The summed E-state index contributed by atoms with van der Waals surface area (Å²) in [7, 11) is 1.91. The lowest BCUT2D eigenvalue weighted by atomic mass is 10.0. The number of aliphatic hydroxyl groups excluding tert-OH is 1. The zero-order chi connectivity index (χ0) is 12.5. The van der Waals surface area contributed by atoms with E-state index in [9.17, 15) is 5.11 Å². The Morgan fingerprint density at radius 2 is 2.11 bits per heavy atom. The Labute approximate surface area is 111 Å². The van der Waals surface area contributed by atoms with Gasteiger partial charge in [0.2, 0.25) is 0 Å². The van der Waals surface area contributed by atoms with Crippen LogP contribution in [-0.2, 0) is 6.42 Å². The molecule has 0 radical (unpaired) electrons. The van der Waals surface area contributed by atoms with Crippen LogP contribution in [0.15, 0.2) is 24.3 Å². The van der Waals surface area contributed by atoms with Gasteiger partial charge in [0.1, 0.15) is 5.01 Å². The summed E-state index contributed by atoms with van der Waals surface area (Å²) >= 11 is 1.63. The fraction of sp³-hybridized carbons (Fsp3) is 0.357. The largest absolute Gasteiger partial charge is 0.388 e. The molecule has 1 aliphatic rings. The molecule has 1 aromatic heterocycles. The van der Waals surface area contributed by atoms with E-state index in [2.05, 4.69) is 22.4 Å². The van der Waals surface area contributed by atoms with Gasteiger partial charge in [0.05, 0.1) is 16.7 Å². The van der Waals surface area contributed by atoms with Gasteiger partial charge < -0.3 is 10.4 Å². The van der Waals surface area contributed by atoms with E-state index in [1.54, 1.807) is 11.3 Å². The Hall–Kier alpha value is -1.39. The molecule has 1 unspecified atom stereocenters. The molecule has 0 aliphatic heterocycles. The van der Waals surface area contributed by atoms with Crippen molar-refractivity contribution >= 4 is 17.0 Å². The average Bonchev–Trinajstić information content (AvgIpc) is 2.84. The Morgan fingerprint density at radius 3 is 2.78 bits per heavy atom. The lowest BCUT2D eigenvalue weighted by Crippen LogP contribution is -2.06. The number of nitrogens with one attached hydrogen (secondary N) is 1. The molecule has 1 heterocycles. The summed E-state index contributed by atoms with van der Waals surface area (Å²) < 4.78 is 0. The Kier molecular flexibility index (Phi) is 3.06. The molecule has 3 nitrogen and oxygen atoms in total. The number of hydrogen-bond acceptors (Lipinski definition) is 4. The lowest BCUT2D eigenvalue weighted by Gasteiger charge is -2.14. The number of rotatable bonds is 2. The SMILES string of the molecule is CNc1ccc(-c2nc3c(s2)C(O)CCC3)cc1. The number of aliphatic hydroxyl groups is 1. The highest BCUT2D eigenvalue weighted by Crippen LogP contribution is 2.37.